The van der Waals surface area contributed by atoms with E-state index in [9.17, 15) is 22.8 Å². The summed E-state index contributed by atoms with van der Waals surface area (Å²) >= 11 is 2.69. The molecule has 4 heterocycles. The van der Waals surface area contributed by atoms with Crippen molar-refractivity contribution in [2.45, 2.75) is 57.8 Å². The molecule has 192 valence electrons. The Balaban J connectivity index is 1.46. The van der Waals surface area contributed by atoms with E-state index in [2.05, 4.69) is 22.7 Å². The molecular weight excluding hydrogens is 513 g/mol. The van der Waals surface area contributed by atoms with Gasteiger partial charge in [0.2, 0.25) is 0 Å². The summed E-state index contributed by atoms with van der Waals surface area (Å²) in [6.45, 7) is 4.03. The van der Waals surface area contributed by atoms with E-state index >= 15 is 0 Å². The minimum Gasteiger partial charge on any atom is -0.462 e. The van der Waals surface area contributed by atoms with Gasteiger partial charge in [0, 0.05) is 22.2 Å². The van der Waals surface area contributed by atoms with Gasteiger partial charge in [-0.3, -0.25) is 4.79 Å². The van der Waals surface area contributed by atoms with Crippen molar-refractivity contribution < 1.29 is 27.5 Å². The van der Waals surface area contributed by atoms with Crippen molar-refractivity contribution in [2.24, 2.45) is 5.92 Å². The van der Waals surface area contributed by atoms with E-state index in [-0.39, 0.29) is 24.5 Å². The van der Waals surface area contributed by atoms with Gasteiger partial charge in [0.05, 0.1) is 18.2 Å². The van der Waals surface area contributed by atoms with Gasteiger partial charge >= 0.3 is 12.1 Å². The molecule has 3 aromatic heterocycles. The Morgan fingerprint density at radius 1 is 1.36 bits per heavy atom. The summed E-state index contributed by atoms with van der Waals surface area (Å²) in [7, 11) is 0. The Bertz CT molecular complexity index is 1280. The van der Waals surface area contributed by atoms with Crippen LogP contribution in [0.25, 0.3) is 0 Å². The molecule has 1 aliphatic carbocycles. The topological polar surface area (TPSA) is 85.2 Å². The predicted molar refractivity (Wildman–Crippen MR) is 132 cm³/mol. The molecule has 3 aromatic rings. The van der Waals surface area contributed by atoms with E-state index < -0.39 is 30.1 Å². The number of nitrogens with one attached hydrogen (secondary N) is 2. The fraction of sp³-hybridized carbons (Fsp3) is 0.458. The molecule has 2 aliphatic rings. The van der Waals surface area contributed by atoms with Gasteiger partial charge in [-0.15, -0.1) is 22.7 Å². The van der Waals surface area contributed by atoms with Gasteiger partial charge in [-0.25, -0.2) is 9.48 Å². The number of halogens is 3. The lowest BCUT2D eigenvalue weighted by Crippen LogP contribution is -2.35. The lowest BCUT2D eigenvalue weighted by molar-refractivity contribution is -0.173. The molecule has 0 bridgehead atoms. The first kappa shape index (κ1) is 24.8. The van der Waals surface area contributed by atoms with Crippen LogP contribution in [0.1, 0.15) is 74.9 Å². The highest BCUT2D eigenvalue weighted by molar-refractivity contribution is 7.17. The molecule has 1 amide bonds. The van der Waals surface area contributed by atoms with Crippen LogP contribution in [-0.2, 0) is 17.6 Å². The second-order valence-electron chi connectivity index (χ2n) is 9.10. The zero-order chi connectivity index (χ0) is 25.6. The Kier molecular flexibility index (Phi) is 6.58. The molecule has 1 aliphatic heterocycles. The second kappa shape index (κ2) is 9.55. The average Bonchev–Trinajstić information content (AvgIpc) is 3.55. The molecule has 0 spiro atoms. The van der Waals surface area contributed by atoms with Gasteiger partial charge in [0.15, 0.2) is 11.7 Å². The molecule has 36 heavy (non-hydrogen) atoms. The minimum absolute atomic E-state index is 0.122. The number of esters is 1. The number of rotatable bonds is 5. The SMILES string of the molecule is CCOC(=O)c1c(NC(=O)c2cc3n(n2)[C@H](C(F)(F)F)C[C@@H](c2cccs2)N3)sc2c1CC[C@H](C)C2. The summed E-state index contributed by atoms with van der Waals surface area (Å²) < 4.78 is 47.9. The van der Waals surface area contributed by atoms with Crippen LogP contribution < -0.4 is 10.6 Å². The number of carbonyl (C=O) groups excluding carboxylic acids is 2. The minimum atomic E-state index is -4.54. The maximum absolute atomic E-state index is 13.9. The Hall–Kier alpha value is -2.86. The van der Waals surface area contributed by atoms with Crippen LogP contribution in [0.3, 0.4) is 0 Å². The highest BCUT2D eigenvalue weighted by Crippen LogP contribution is 2.45. The number of hydrogen-bond acceptors (Lipinski definition) is 7. The predicted octanol–water partition coefficient (Wildman–Crippen LogP) is 6.22. The van der Waals surface area contributed by atoms with E-state index in [1.165, 1.54) is 28.7 Å². The fourth-order valence-electron chi connectivity index (χ4n) is 4.79. The van der Waals surface area contributed by atoms with Gasteiger partial charge in [0.25, 0.3) is 5.91 Å². The third kappa shape index (κ3) is 4.63. The number of thiophene rings is 2. The molecule has 0 radical (unpaired) electrons. The van der Waals surface area contributed by atoms with Crippen LogP contribution in [-0.4, -0.2) is 34.4 Å². The van der Waals surface area contributed by atoms with E-state index in [0.717, 1.165) is 32.8 Å². The smallest absolute Gasteiger partial charge is 0.410 e. The van der Waals surface area contributed by atoms with Crippen molar-refractivity contribution in [3.05, 3.63) is 50.2 Å². The van der Waals surface area contributed by atoms with Gasteiger partial charge in [-0.1, -0.05) is 13.0 Å². The van der Waals surface area contributed by atoms with Gasteiger partial charge in [0.1, 0.15) is 10.8 Å². The normalized spacial score (nSPS) is 21.3. The van der Waals surface area contributed by atoms with Crippen molar-refractivity contribution in [1.29, 1.82) is 0 Å². The molecular formula is C24H25F3N4O3S2. The highest BCUT2D eigenvalue weighted by Gasteiger charge is 2.47. The van der Waals surface area contributed by atoms with Crippen molar-refractivity contribution in [2.75, 3.05) is 17.2 Å². The quantitative estimate of drug-likeness (QED) is 0.377. The molecule has 5 rings (SSSR count). The number of fused-ring (bicyclic) bond motifs is 2. The number of hydrogen-bond donors (Lipinski definition) is 2. The summed E-state index contributed by atoms with van der Waals surface area (Å²) in [5.41, 5.74) is 1.06. The van der Waals surface area contributed by atoms with Crippen LogP contribution in [0.2, 0.25) is 0 Å². The Morgan fingerprint density at radius 2 is 2.17 bits per heavy atom. The number of amides is 1. The van der Waals surface area contributed by atoms with Crippen LogP contribution in [0.4, 0.5) is 24.0 Å². The van der Waals surface area contributed by atoms with Crippen LogP contribution in [0.15, 0.2) is 23.6 Å². The molecule has 7 nitrogen and oxygen atoms in total. The first-order chi connectivity index (χ1) is 17.2. The summed E-state index contributed by atoms with van der Waals surface area (Å²) in [5.74, 6) is -0.612. The third-order valence-corrected chi connectivity index (χ3v) is 8.68. The zero-order valence-electron chi connectivity index (χ0n) is 19.6. The molecule has 0 fully saturated rings. The highest BCUT2D eigenvalue weighted by atomic mass is 32.1. The van der Waals surface area contributed by atoms with E-state index in [1.807, 2.05) is 5.38 Å². The lowest BCUT2D eigenvalue weighted by atomic mass is 9.88. The standard InChI is InChI=1S/C24H25F3N4O3S2/c1-3-34-23(33)20-13-7-6-12(2)9-17(13)36-22(20)29-21(32)15-11-19-28-14(16-5-4-8-35-16)10-18(24(25,26)27)31(19)30-15/h4-5,8,11-12,14,18,28H,3,6-7,9-10H2,1-2H3,(H,29,32)/t12-,14-,18-/m0/s1. The maximum Gasteiger partial charge on any atom is 0.410 e. The fourth-order valence-corrected chi connectivity index (χ4v) is 6.97. The van der Waals surface area contributed by atoms with Gasteiger partial charge in [-0.05, 0) is 49.1 Å². The maximum atomic E-state index is 13.9. The number of carbonyl (C=O) groups is 2. The number of anilines is 2. The van der Waals surface area contributed by atoms with Crippen molar-refractivity contribution >= 4 is 45.4 Å². The molecule has 12 heteroatoms. The van der Waals surface area contributed by atoms with E-state index in [0.29, 0.717) is 22.9 Å². The number of alkyl halides is 3. The summed E-state index contributed by atoms with van der Waals surface area (Å²) in [5, 5.41) is 12.0. The van der Waals surface area contributed by atoms with Crippen LogP contribution in [0, 0.1) is 5.92 Å². The van der Waals surface area contributed by atoms with E-state index in [4.69, 9.17) is 4.74 Å². The van der Waals surface area contributed by atoms with Gasteiger partial charge < -0.3 is 15.4 Å². The average molecular weight is 539 g/mol. The van der Waals surface area contributed by atoms with Crippen molar-refractivity contribution in [1.82, 2.24) is 9.78 Å². The Morgan fingerprint density at radius 3 is 2.86 bits per heavy atom. The lowest BCUT2D eigenvalue weighted by Gasteiger charge is -2.32. The molecule has 0 saturated heterocycles. The molecule has 2 N–H and O–H groups in total. The molecule has 0 unspecified atom stereocenters. The van der Waals surface area contributed by atoms with Crippen LogP contribution in [0.5, 0.6) is 0 Å². The van der Waals surface area contributed by atoms with Crippen molar-refractivity contribution in [3.8, 4) is 0 Å². The monoisotopic (exact) mass is 538 g/mol. The first-order valence-corrected chi connectivity index (χ1v) is 13.4. The number of nitrogens with zero attached hydrogens (tertiary/aromatic N) is 2. The van der Waals surface area contributed by atoms with Crippen molar-refractivity contribution in [3.63, 3.8) is 0 Å². The largest absolute Gasteiger partial charge is 0.462 e. The van der Waals surface area contributed by atoms with Gasteiger partial charge in [-0.2, -0.15) is 18.3 Å². The first-order valence-electron chi connectivity index (χ1n) is 11.7. The molecule has 0 saturated carbocycles. The number of ether oxygens (including phenoxy) is 1. The molecule has 3 atom stereocenters. The summed E-state index contributed by atoms with van der Waals surface area (Å²) in [6, 6.07) is 2.49. The second-order valence-corrected chi connectivity index (χ2v) is 11.2. The van der Waals surface area contributed by atoms with E-state index in [1.54, 1.807) is 19.1 Å². The van der Waals surface area contributed by atoms with Crippen LogP contribution >= 0.6 is 22.7 Å². The Labute approximate surface area is 213 Å². The summed E-state index contributed by atoms with van der Waals surface area (Å²) in [6.07, 6.45) is -2.35. The zero-order valence-corrected chi connectivity index (χ0v) is 21.3. The molecule has 0 aromatic carbocycles. The third-order valence-electron chi connectivity index (χ3n) is 6.53. The number of aromatic nitrogens is 2. The summed E-state index contributed by atoms with van der Waals surface area (Å²) in [4.78, 5) is 27.7.